The van der Waals surface area contributed by atoms with Gasteiger partial charge in [0.15, 0.2) is 0 Å². The van der Waals surface area contributed by atoms with E-state index in [1.807, 2.05) is 32.0 Å². The van der Waals surface area contributed by atoms with Crippen molar-refractivity contribution >= 4 is 22.9 Å². The van der Waals surface area contributed by atoms with E-state index in [1.165, 1.54) is 0 Å². The fourth-order valence-corrected chi connectivity index (χ4v) is 4.15. The van der Waals surface area contributed by atoms with Crippen molar-refractivity contribution in [1.29, 1.82) is 0 Å². The van der Waals surface area contributed by atoms with Crippen LogP contribution < -0.4 is 11.1 Å². The zero-order chi connectivity index (χ0) is 18.7. The molecule has 1 saturated heterocycles. The SMILES string of the molecule is Cc1ccc(C)c(NC(=O)Cc2nc(CN3CCC(C)(CN)C3)cs2)c1. The van der Waals surface area contributed by atoms with Crippen molar-refractivity contribution in [2.24, 2.45) is 11.1 Å². The van der Waals surface area contributed by atoms with Crippen LogP contribution in [0.5, 0.6) is 0 Å². The largest absolute Gasteiger partial charge is 0.330 e. The first-order valence-electron chi connectivity index (χ1n) is 9.10. The Labute approximate surface area is 159 Å². The molecule has 1 unspecified atom stereocenters. The lowest BCUT2D eigenvalue weighted by Crippen LogP contribution is -2.31. The fourth-order valence-electron chi connectivity index (χ4n) is 3.36. The molecule has 1 aromatic heterocycles. The van der Waals surface area contributed by atoms with Gasteiger partial charge in [-0.15, -0.1) is 11.3 Å². The Kier molecular flexibility index (Phi) is 5.75. The Bertz CT molecular complexity index is 788. The number of hydrogen-bond acceptors (Lipinski definition) is 5. The van der Waals surface area contributed by atoms with Gasteiger partial charge in [0.2, 0.25) is 5.91 Å². The van der Waals surface area contributed by atoms with Crippen LogP contribution in [-0.4, -0.2) is 35.4 Å². The van der Waals surface area contributed by atoms with Gasteiger partial charge in [-0.1, -0.05) is 19.1 Å². The number of aromatic nitrogens is 1. The Morgan fingerprint density at radius 3 is 2.96 bits per heavy atom. The van der Waals surface area contributed by atoms with Gasteiger partial charge in [-0.2, -0.15) is 0 Å². The van der Waals surface area contributed by atoms with Crippen molar-refractivity contribution < 1.29 is 4.79 Å². The summed E-state index contributed by atoms with van der Waals surface area (Å²) < 4.78 is 0. The highest BCUT2D eigenvalue weighted by Crippen LogP contribution is 2.29. The van der Waals surface area contributed by atoms with Gasteiger partial charge in [0.1, 0.15) is 5.01 Å². The first-order chi connectivity index (χ1) is 12.4. The van der Waals surface area contributed by atoms with E-state index in [0.717, 1.165) is 60.1 Å². The van der Waals surface area contributed by atoms with Crippen LogP contribution in [0.1, 0.15) is 35.2 Å². The van der Waals surface area contributed by atoms with Crippen LogP contribution >= 0.6 is 11.3 Å². The van der Waals surface area contributed by atoms with Crippen molar-refractivity contribution in [3.63, 3.8) is 0 Å². The van der Waals surface area contributed by atoms with Crippen LogP contribution in [-0.2, 0) is 17.8 Å². The number of likely N-dealkylation sites (tertiary alicyclic amines) is 1. The lowest BCUT2D eigenvalue weighted by molar-refractivity contribution is -0.115. The van der Waals surface area contributed by atoms with E-state index >= 15 is 0 Å². The second-order valence-electron chi connectivity index (χ2n) is 7.75. The number of anilines is 1. The molecule has 0 aliphatic carbocycles. The molecule has 1 aromatic carbocycles. The lowest BCUT2D eigenvalue weighted by atomic mass is 9.90. The summed E-state index contributed by atoms with van der Waals surface area (Å²) in [6.07, 6.45) is 1.46. The van der Waals surface area contributed by atoms with E-state index in [-0.39, 0.29) is 11.3 Å². The fraction of sp³-hybridized carbons (Fsp3) is 0.500. The molecule has 5 nitrogen and oxygen atoms in total. The standard InChI is InChI=1S/C20H28N4OS/c1-14-4-5-15(2)17(8-14)23-18(25)9-19-22-16(11-26-19)10-24-7-6-20(3,12-21)13-24/h4-5,8,11H,6-7,9-10,12-13,21H2,1-3H3,(H,23,25). The number of aryl methyl sites for hydroxylation is 2. The molecule has 3 rings (SSSR count). The molecule has 0 radical (unpaired) electrons. The average molecular weight is 373 g/mol. The molecular weight excluding hydrogens is 344 g/mol. The quantitative estimate of drug-likeness (QED) is 0.817. The molecule has 1 amide bonds. The molecule has 1 fully saturated rings. The third-order valence-corrected chi connectivity index (χ3v) is 5.99. The number of amides is 1. The molecule has 1 atom stereocenters. The van der Waals surface area contributed by atoms with E-state index in [9.17, 15) is 4.79 Å². The van der Waals surface area contributed by atoms with Crippen LogP contribution in [0, 0.1) is 19.3 Å². The molecular formula is C20H28N4OS. The van der Waals surface area contributed by atoms with Gasteiger partial charge in [-0.25, -0.2) is 4.98 Å². The molecule has 0 bridgehead atoms. The van der Waals surface area contributed by atoms with E-state index in [4.69, 9.17) is 5.73 Å². The van der Waals surface area contributed by atoms with Crippen LogP contribution in [0.4, 0.5) is 5.69 Å². The van der Waals surface area contributed by atoms with Crippen molar-refractivity contribution in [2.75, 3.05) is 25.0 Å². The number of nitrogens with one attached hydrogen (secondary N) is 1. The molecule has 0 saturated carbocycles. The third-order valence-electron chi connectivity index (χ3n) is 5.09. The summed E-state index contributed by atoms with van der Waals surface area (Å²) in [5.74, 6) is -0.0171. The number of nitrogens with zero attached hydrogens (tertiary/aromatic N) is 2. The first-order valence-corrected chi connectivity index (χ1v) is 9.98. The van der Waals surface area contributed by atoms with Gasteiger partial charge < -0.3 is 11.1 Å². The van der Waals surface area contributed by atoms with Gasteiger partial charge >= 0.3 is 0 Å². The summed E-state index contributed by atoms with van der Waals surface area (Å²) >= 11 is 1.56. The minimum absolute atomic E-state index is 0.0171. The summed E-state index contributed by atoms with van der Waals surface area (Å²) in [5, 5.41) is 5.94. The minimum Gasteiger partial charge on any atom is -0.330 e. The predicted molar refractivity (Wildman–Crippen MR) is 107 cm³/mol. The van der Waals surface area contributed by atoms with E-state index < -0.39 is 0 Å². The first kappa shape index (κ1) is 19.0. The molecule has 0 spiro atoms. The highest BCUT2D eigenvalue weighted by Gasteiger charge is 2.32. The van der Waals surface area contributed by atoms with Crippen LogP contribution in [0.15, 0.2) is 23.6 Å². The van der Waals surface area contributed by atoms with Crippen molar-refractivity contribution in [3.8, 4) is 0 Å². The number of rotatable bonds is 6. The molecule has 3 N–H and O–H groups in total. The van der Waals surface area contributed by atoms with E-state index in [0.29, 0.717) is 6.42 Å². The van der Waals surface area contributed by atoms with Gasteiger partial charge in [0.05, 0.1) is 12.1 Å². The number of benzene rings is 1. The second-order valence-corrected chi connectivity index (χ2v) is 8.69. The van der Waals surface area contributed by atoms with Gasteiger partial charge in [0, 0.05) is 24.2 Å². The zero-order valence-corrected chi connectivity index (χ0v) is 16.7. The smallest absolute Gasteiger partial charge is 0.231 e. The molecule has 2 heterocycles. The summed E-state index contributed by atoms with van der Waals surface area (Å²) in [4.78, 5) is 19.4. The highest BCUT2D eigenvalue weighted by atomic mass is 32.1. The molecule has 1 aliphatic rings. The van der Waals surface area contributed by atoms with Crippen molar-refractivity contribution in [3.05, 3.63) is 45.4 Å². The van der Waals surface area contributed by atoms with Gasteiger partial charge in [0.25, 0.3) is 0 Å². The second kappa shape index (κ2) is 7.86. The van der Waals surface area contributed by atoms with E-state index in [2.05, 4.69) is 27.5 Å². The number of hydrogen-bond donors (Lipinski definition) is 2. The normalized spacial score (nSPS) is 20.5. The maximum atomic E-state index is 12.4. The van der Waals surface area contributed by atoms with Gasteiger partial charge in [-0.05, 0) is 56.0 Å². The Hall–Kier alpha value is -1.76. The summed E-state index contributed by atoms with van der Waals surface area (Å²) in [5.41, 5.74) is 10.2. The molecule has 1 aliphatic heterocycles. The monoisotopic (exact) mass is 372 g/mol. The number of carbonyl (C=O) groups excluding carboxylic acids is 1. The Morgan fingerprint density at radius 1 is 1.42 bits per heavy atom. The molecule has 2 aromatic rings. The summed E-state index contributed by atoms with van der Waals surface area (Å²) in [7, 11) is 0. The summed E-state index contributed by atoms with van der Waals surface area (Å²) in [6.45, 7) is 9.92. The molecule has 6 heteroatoms. The van der Waals surface area contributed by atoms with E-state index in [1.54, 1.807) is 11.3 Å². The molecule has 26 heavy (non-hydrogen) atoms. The average Bonchev–Trinajstić information content (AvgIpc) is 3.18. The lowest BCUT2D eigenvalue weighted by Gasteiger charge is -2.22. The highest BCUT2D eigenvalue weighted by molar-refractivity contribution is 7.09. The maximum Gasteiger partial charge on any atom is 0.231 e. The van der Waals surface area contributed by atoms with Crippen LogP contribution in [0.3, 0.4) is 0 Å². The maximum absolute atomic E-state index is 12.4. The summed E-state index contributed by atoms with van der Waals surface area (Å²) in [6, 6.07) is 6.08. The third kappa shape index (κ3) is 4.69. The number of nitrogens with two attached hydrogens (primary N) is 1. The number of carbonyl (C=O) groups is 1. The van der Waals surface area contributed by atoms with Crippen molar-refractivity contribution in [2.45, 2.75) is 40.2 Å². The topological polar surface area (TPSA) is 71.2 Å². The van der Waals surface area contributed by atoms with Gasteiger partial charge in [-0.3, -0.25) is 9.69 Å². The zero-order valence-electron chi connectivity index (χ0n) is 15.8. The van der Waals surface area contributed by atoms with Crippen LogP contribution in [0.25, 0.3) is 0 Å². The Balaban J connectivity index is 1.55. The Morgan fingerprint density at radius 2 is 2.23 bits per heavy atom. The molecule has 140 valence electrons. The number of thiazole rings is 1. The minimum atomic E-state index is -0.0171. The van der Waals surface area contributed by atoms with Crippen LogP contribution in [0.2, 0.25) is 0 Å². The van der Waals surface area contributed by atoms with Crippen molar-refractivity contribution in [1.82, 2.24) is 9.88 Å². The predicted octanol–water partition coefficient (Wildman–Crippen LogP) is 3.11.